The van der Waals surface area contributed by atoms with Crippen LogP contribution in [-0.4, -0.2) is 83.1 Å². The lowest BCUT2D eigenvalue weighted by Crippen LogP contribution is -2.53. The Labute approximate surface area is 271 Å². The number of halogens is 1. The van der Waals surface area contributed by atoms with Crippen molar-refractivity contribution in [2.45, 2.75) is 51.8 Å². The quantitative estimate of drug-likeness (QED) is 0.261. The van der Waals surface area contributed by atoms with E-state index in [9.17, 15) is 14.7 Å². The molecular formula is C34H37FN8O4. The molecule has 5 aromatic rings. The summed E-state index contributed by atoms with van der Waals surface area (Å²) in [5.41, 5.74) is 1.94. The van der Waals surface area contributed by atoms with Gasteiger partial charge in [0.1, 0.15) is 22.9 Å². The third-order valence-electron chi connectivity index (χ3n) is 8.00. The van der Waals surface area contributed by atoms with E-state index in [1.165, 1.54) is 21.7 Å². The maximum atomic E-state index is 15.8. The SMILES string of the molecule is Cn1cc(-c2ccc(C(=O)N(c3nccc4cc(-c5cnn(CCO)c5)ccc34)[C@@H]3CCCN(C(=O)OC(C)(C)C)C3)c(F)c2)nn1. The van der Waals surface area contributed by atoms with Gasteiger partial charge < -0.3 is 14.7 Å². The molecule has 4 heterocycles. The second kappa shape index (κ2) is 12.9. The number of benzene rings is 2. The Kier molecular flexibility index (Phi) is 8.74. The Bertz CT molecular complexity index is 1930. The third kappa shape index (κ3) is 6.85. The van der Waals surface area contributed by atoms with Crippen LogP contribution in [0.15, 0.2) is 67.3 Å². The topological polar surface area (TPSA) is 132 Å². The molecule has 2 amide bonds. The van der Waals surface area contributed by atoms with E-state index in [4.69, 9.17) is 4.74 Å². The van der Waals surface area contributed by atoms with Gasteiger partial charge in [-0.15, -0.1) is 5.10 Å². The van der Waals surface area contributed by atoms with E-state index in [0.717, 1.165) is 16.5 Å². The minimum absolute atomic E-state index is 0.0199. The molecule has 1 saturated heterocycles. The molecule has 12 nitrogen and oxygen atoms in total. The number of aromatic nitrogens is 6. The number of piperidine rings is 1. The number of carbonyl (C=O) groups excluding carboxylic acids is 2. The van der Waals surface area contributed by atoms with Gasteiger partial charge in [0.2, 0.25) is 0 Å². The number of carbonyl (C=O) groups is 2. The minimum atomic E-state index is -0.703. The predicted molar refractivity (Wildman–Crippen MR) is 174 cm³/mol. The number of pyridine rings is 1. The van der Waals surface area contributed by atoms with E-state index in [2.05, 4.69) is 20.4 Å². The van der Waals surface area contributed by atoms with Gasteiger partial charge in [-0.2, -0.15) is 5.10 Å². The molecule has 0 aliphatic carbocycles. The lowest BCUT2D eigenvalue weighted by Gasteiger charge is -2.39. The Balaban J connectivity index is 1.40. The first-order chi connectivity index (χ1) is 22.5. The summed E-state index contributed by atoms with van der Waals surface area (Å²) in [5, 5.41) is 23.1. The van der Waals surface area contributed by atoms with Crippen molar-refractivity contribution < 1.29 is 23.8 Å². The van der Waals surface area contributed by atoms with Crippen molar-refractivity contribution >= 4 is 28.6 Å². The van der Waals surface area contributed by atoms with E-state index in [1.54, 1.807) is 41.3 Å². The number of hydrogen-bond acceptors (Lipinski definition) is 8. The van der Waals surface area contributed by atoms with E-state index in [1.807, 2.05) is 51.2 Å². The summed E-state index contributed by atoms with van der Waals surface area (Å²) >= 11 is 0. The molecule has 1 atom stereocenters. The zero-order valence-electron chi connectivity index (χ0n) is 26.8. The molecule has 244 valence electrons. The van der Waals surface area contributed by atoms with Crippen LogP contribution in [-0.2, 0) is 18.3 Å². The highest BCUT2D eigenvalue weighted by Crippen LogP contribution is 2.34. The number of ether oxygens (including phenoxy) is 1. The van der Waals surface area contributed by atoms with Gasteiger partial charge in [0.25, 0.3) is 5.91 Å². The Morgan fingerprint density at radius 2 is 1.89 bits per heavy atom. The molecule has 0 spiro atoms. The molecule has 47 heavy (non-hydrogen) atoms. The van der Waals surface area contributed by atoms with Crippen molar-refractivity contribution in [3.8, 4) is 22.4 Å². The second-order valence-corrected chi connectivity index (χ2v) is 12.7. The minimum Gasteiger partial charge on any atom is -0.444 e. The van der Waals surface area contributed by atoms with Crippen LogP contribution in [0.3, 0.4) is 0 Å². The fourth-order valence-electron chi connectivity index (χ4n) is 5.82. The molecule has 1 aliphatic heterocycles. The van der Waals surface area contributed by atoms with Gasteiger partial charge in [-0.3, -0.25) is 19.1 Å². The molecule has 0 unspecified atom stereocenters. The van der Waals surface area contributed by atoms with Gasteiger partial charge in [0.05, 0.1) is 37.2 Å². The summed E-state index contributed by atoms with van der Waals surface area (Å²) in [7, 11) is 1.72. The van der Waals surface area contributed by atoms with Gasteiger partial charge in [0.15, 0.2) is 0 Å². The summed E-state index contributed by atoms with van der Waals surface area (Å²) in [6, 6.07) is 11.5. The first kappa shape index (κ1) is 31.8. The van der Waals surface area contributed by atoms with Crippen molar-refractivity contribution in [3.05, 3.63) is 78.6 Å². The fraction of sp³-hybridized carbons (Fsp3) is 0.353. The number of anilines is 1. The van der Waals surface area contributed by atoms with Crippen molar-refractivity contribution in [1.29, 1.82) is 0 Å². The number of rotatable bonds is 7. The zero-order valence-corrected chi connectivity index (χ0v) is 26.8. The van der Waals surface area contributed by atoms with Crippen molar-refractivity contribution in [2.24, 2.45) is 7.05 Å². The smallest absolute Gasteiger partial charge is 0.410 e. The van der Waals surface area contributed by atoms with Crippen LogP contribution in [0.4, 0.5) is 15.0 Å². The molecule has 0 radical (unpaired) electrons. The van der Waals surface area contributed by atoms with E-state index < -0.39 is 29.5 Å². The predicted octanol–water partition coefficient (Wildman–Crippen LogP) is 5.07. The average molecular weight is 641 g/mol. The second-order valence-electron chi connectivity index (χ2n) is 12.7. The van der Waals surface area contributed by atoms with Gasteiger partial charge >= 0.3 is 6.09 Å². The third-order valence-corrected chi connectivity index (χ3v) is 8.00. The van der Waals surface area contributed by atoms with Gasteiger partial charge in [-0.25, -0.2) is 14.2 Å². The fourth-order valence-corrected chi connectivity index (χ4v) is 5.82. The molecular weight excluding hydrogens is 603 g/mol. The Morgan fingerprint density at radius 1 is 1.09 bits per heavy atom. The zero-order chi connectivity index (χ0) is 33.3. The molecule has 0 saturated carbocycles. The van der Waals surface area contributed by atoms with Crippen LogP contribution in [0.1, 0.15) is 44.0 Å². The maximum Gasteiger partial charge on any atom is 0.410 e. The first-order valence-corrected chi connectivity index (χ1v) is 15.5. The van der Waals surface area contributed by atoms with Crippen molar-refractivity contribution in [2.75, 3.05) is 24.6 Å². The van der Waals surface area contributed by atoms with Crippen LogP contribution in [0.5, 0.6) is 0 Å². The van der Waals surface area contributed by atoms with Gasteiger partial charge in [-0.1, -0.05) is 23.4 Å². The summed E-state index contributed by atoms with van der Waals surface area (Å²) in [6.45, 7) is 6.46. The van der Waals surface area contributed by atoms with E-state index >= 15 is 4.39 Å². The number of fused-ring (bicyclic) bond motifs is 1. The van der Waals surface area contributed by atoms with Gasteiger partial charge in [-0.05, 0) is 68.8 Å². The molecule has 13 heteroatoms. The number of hydrogen-bond donors (Lipinski definition) is 1. The number of aliphatic hydroxyl groups excluding tert-OH is 1. The summed E-state index contributed by atoms with van der Waals surface area (Å²) in [5.74, 6) is -0.910. The monoisotopic (exact) mass is 640 g/mol. The lowest BCUT2D eigenvalue weighted by atomic mass is 10.00. The first-order valence-electron chi connectivity index (χ1n) is 15.5. The molecule has 1 N–H and O–H groups in total. The standard InChI is InChI=1S/C34H37FN8O4/c1-34(2,3)47-33(46)41-13-5-6-26(20-41)43(32(45)28-10-8-24(17-29(28)35)30-21-40(4)39-38-30)31-27-9-7-22(16-23(27)11-12-36-31)25-18-37-42(19-25)14-15-44/h7-12,16-19,21,26,44H,5-6,13-15,20H2,1-4H3/t26-/m1/s1. The molecule has 1 aliphatic rings. The molecule has 2 aromatic carbocycles. The van der Waals surface area contributed by atoms with Crippen LogP contribution in [0, 0.1) is 5.82 Å². The highest BCUT2D eigenvalue weighted by molar-refractivity contribution is 6.10. The number of aliphatic hydroxyl groups is 1. The van der Waals surface area contributed by atoms with Crippen LogP contribution in [0.25, 0.3) is 33.2 Å². The van der Waals surface area contributed by atoms with Crippen LogP contribution < -0.4 is 4.90 Å². The van der Waals surface area contributed by atoms with Crippen LogP contribution >= 0.6 is 0 Å². The molecule has 3 aromatic heterocycles. The van der Waals surface area contributed by atoms with Crippen molar-refractivity contribution in [3.63, 3.8) is 0 Å². The maximum absolute atomic E-state index is 15.8. The number of nitrogens with zero attached hydrogens (tertiary/aromatic N) is 8. The Morgan fingerprint density at radius 3 is 2.62 bits per heavy atom. The number of likely N-dealkylation sites (tertiary alicyclic amines) is 1. The lowest BCUT2D eigenvalue weighted by molar-refractivity contribution is 0.0196. The van der Waals surface area contributed by atoms with E-state index in [-0.39, 0.29) is 18.7 Å². The molecule has 1 fully saturated rings. The highest BCUT2D eigenvalue weighted by Gasteiger charge is 2.36. The Hall–Kier alpha value is -5.17. The number of aryl methyl sites for hydroxylation is 1. The average Bonchev–Trinajstić information content (AvgIpc) is 3.70. The summed E-state index contributed by atoms with van der Waals surface area (Å²) in [4.78, 5) is 35.4. The number of amides is 2. The molecule has 6 rings (SSSR count). The largest absolute Gasteiger partial charge is 0.444 e. The summed E-state index contributed by atoms with van der Waals surface area (Å²) < 4.78 is 24.6. The molecule has 0 bridgehead atoms. The highest BCUT2D eigenvalue weighted by atomic mass is 19.1. The summed E-state index contributed by atoms with van der Waals surface area (Å²) in [6.07, 6.45) is 7.61. The van der Waals surface area contributed by atoms with E-state index in [0.29, 0.717) is 48.4 Å². The van der Waals surface area contributed by atoms with Gasteiger partial charge in [0, 0.05) is 49.0 Å². The normalized spacial score (nSPS) is 15.2. The van der Waals surface area contributed by atoms with Crippen LogP contribution in [0.2, 0.25) is 0 Å². The van der Waals surface area contributed by atoms with Crippen molar-refractivity contribution in [1.82, 2.24) is 34.7 Å².